The van der Waals surface area contributed by atoms with E-state index in [9.17, 15) is 0 Å². The van der Waals surface area contributed by atoms with Gasteiger partial charge in [-0.1, -0.05) is 23.4 Å². The third-order valence-electron chi connectivity index (χ3n) is 1.67. The largest absolute Gasteiger partial charge is 0.257 e. The van der Waals surface area contributed by atoms with Crippen LogP contribution >= 0.6 is 23.4 Å². The van der Waals surface area contributed by atoms with Crippen molar-refractivity contribution in [1.29, 1.82) is 0 Å². The lowest BCUT2D eigenvalue weighted by Crippen LogP contribution is -1.96. The molecule has 0 N–H and O–H groups in total. The number of nitrogens with zero attached hydrogens (tertiary/aromatic N) is 4. The maximum absolute atomic E-state index is 5.81. The number of halogens is 1. The number of aryl methyl sites for hydroxylation is 1. The molecule has 0 fully saturated rings. The lowest BCUT2D eigenvalue weighted by Gasteiger charge is -2.01. The van der Waals surface area contributed by atoms with Crippen LogP contribution in [0.3, 0.4) is 0 Å². The SMILES string of the molecule is CSc1nc(Cl)cc2nnc(C)n12. The molecule has 4 nitrogen and oxygen atoms in total. The normalized spacial score (nSPS) is 11.0. The molecule has 0 unspecified atom stereocenters. The molecule has 0 aliphatic rings. The first kappa shape index (κ1) is 8.77. The predicted octanol–water partition coefficient (Wildman–Crippen LogP) is 1.81. The van der Waals surface area contributed by atoms with Crippen molar-refractivity contribution in [3.05, 3.63) is 17.0 Å². The molecule has 13 heavy (non-hydrogen) atoms. The molecule has 0 bridgehead atoms. The Morgan fingerprint density at radius 2 is 2.23 bits per heavy atom. The quantitative estimate of drug-likeness (QED) is 0.413. The molecule has 2 aromatic rings. The van der Waals surface area contributed by atoms with Crippen molar-refractivity contribution in [2.24, 2.45) is 0 Å². The monoisotopic (exact) mass is 214 g/mol. The number of aromatic nitrogens is 4. The highest BCUT2D eigenvalue weighted by Crippen LogP contribution is 2.18. The molecule has 0 saturated heterocycles. The number of rotatable bonds is 1. The van der Waals surface area contributed by atoms with Gasteiger partial charge in [0.05, 0.1) is 0 Å². The van der Waals surface area contributed by atoms with E-state index in [1.165, 1.54) is 11.8 Å². The molecule has 0 aliphatic carbocycles. The van der Waals surface area contributed by atoms with E-state index >= 15 is 0 Å². The van der Waals surface area contributed by atoms with Crippen LogP contribution in [-0.4, -0.2) is 25.8 Å². The third-order valence-corrected chi connectivity index (χ3v) is 2.51. The van der Waals surface area contributed by atoms with E-state index in [1.54, 1.807) is 6.07 Å². The van der Waals surface area contributed by atoms with Crippen molar-refractivity contribution in [1.82, 2.24) is 19.6 Å². The number of hydrogen-bond acceptors (Lipinski definition) is 4. The van der Waals surface area contributed by atoms with Crippen LogP contribution in [0.2, 0.25) is 5.15 Å². The predicted molar refractivity (Wildman–Crippen MR) is 52.3 cm³/mol. The second-order valence-electron chi connectivity index (χ2n) is 2.51. The van der Waals surface area contributed by atoms with E-state index in [0.717, 1.165) is 16.6 Å². The van der Waals surface area contributed by atoms with Crippen molar-refractivity contribution in [3.63, 3.8) is 0 Å². The molecule has 2 aromatic heterocycles. The van der Waals surface area contributed by atoms with Gasteiger partial charge >= 0.3 is 0 Å². The van der Waals surface area contributed by atoms with Crippen LogP contribution in [0.15, 0.2) is 11.2 Å². The molecule has 0 saturated carbocycles. The molecule has 2 heterocycles. The molecule has 6 heteroatoms. The van der Waals surface area contributed by atoms with Gasteiger partial charge in [-0.15, -0.1) is 10.2 Å². The first-order chi connectivity index (χ1) is 6.22. The highest BCUT2D eigenvalue weighted by molar-refractivity contribution is 7.98. The minimum absolute atomic E-state index is 0.448. The molecular weight excluding hydrogens is 208 g/mol. The summed E-state index contributed by atoms with van der Waals surface area (Å²) in [5, 5.41) is 9.17. The smallest absolute Gasteiger partial charge is 0.176 e. The van der Waals surface area contributed by atoms with Crippen molar-refractivity contribution < 1.29 is 0 Å². The summed E-state index contributed by atoms with van der Waals surface area (Å²) >= 11 is 7.32. The number of hydrogen-bond donors (Lipinski definition) is 0. The number of fused-ring (bicyclic) bond motifs is 1. The average Bonchev–Trinajstić information content (AvgIpc) is 2.46. The van der Waals surface area contributed by atoms with Gasteiger partial charge in [0.2, 0.25) is 0 Å². The van der Waals surface area contributed by atoms with E-state index in [2.05, 4.69) is 15.2 Å². The van der Waals surface area contributed by atoms with Gasteiger partial charge in [0.25, 0.3) is 0 Å². The summed E-state index contributed by atoms with van der Waals surface area (Å²) in [5.41, 5.74) is 0.738. The summed E-state index contributed by atoms with van der Waals surface area (Å²) in [6.07, 6.45) is 1.94. The van der Waals surface area contributed by atoms with Crippen LogP contribution in [0, 0.1) is 6.92 Å². The maximum Gasteiger partial charge on any atom is 0.176 e. The second-order valence-corrected chi connectivity index (χ2v) is 3.67. The highest BCUT2D eigenvalue weighted by Gasteiger charge is 2.07. The highest BCUT2D eigenvalue weighted by atomic mass is 35.5. The fourth-order valence-corrected chi connectivity index (χ4v) is 1.95. The van der Waals surface area contributed by atoms with Gasteiger partial charge in [-0.05, 0) is 13.2 Å². The third kappa shape index (κ3) is 1.38. The van der Waals surface area contributed by atoms with Crippen LogP contribution in [0.4, 0.5) is 0 Å². The van der Waals surface area contributed by atoms with Crippen molar-refractivity contribution >= 4 is 29.0 Å². The molecule has 0 atom stereocenters. The molecule has 0 spiro atoms. The van der Waals surface area contributed by atoms with Gasteiger partial charge in [-0.3, -0.25) is 4.40 Å². The molecule has 2 rings (SSSR count). The standard InChI is InChI=1S/C7H7ClN4S/c1-4-10-11-6-3-5(8)9-7(13-2)12(4)6/h3H,1-2H3. The van der Waals surface area contributed by atoms with Crippen LogP contribution in [0.25, 0.3) is 5.65 Å². The topological polar surface area (TPSA) is 43.1 Å². The Hall–Kier alpha value is -0.810. The Morgan fingerprint density at radius 3 is 2.92 bits per heavy atom. The van der Waals surface area contributed by atoms with Gasteiger partial charge in [0.15, 0.2) is 10.8 Å². The Morgan fingerprint density at radius 1 is 1.46 bits per heavy atom. The average molecular weight is 215 g/mol. The van der Waals surface area contributed by atoms with E-state index in [-0.39, 0.29) is 0 Å². The summed E-state index contributed by atoms with van der Waals surface area (Å²) < 4.78 is 1.87. The van der Waals surface area contributed by atoms with Gasteiger partial charge in [-0.25, -0.2) is 4.98 Å². The first-order valence-corrected chi connectivity index (χ1v) is 5.25. The summed E-state index contributed by atoms with van der Waals surface area (Å²) in [4.78, 5) is 4.16. The van der Waals surface area contributed by atoms with Gasteiger partial charge in [0.1, 0.15) is 11.0 Å². The van der Waals surface area contributed by atoms with Crippen LogP contribution in [-0.2, 0) is 0 Å². The minimum Gasteiger partial charge on any atom is -0.257 e. The Kier molecular flexibility index (Phi) is 2.13. The van der Waals surface area contributed by atoms with Crippen LogP contribution in [0.1, 0.15) is 5.82 Å². The lowest BCUT2D eigenvalue weighted by atomic mass is 10.6. The fraction of sp³-hybridized carbons (Fsp3) is 0.286. The molecule has 0 aliphatic heterocycles. The zero-order chi connectivity index (χ0) is 9.42. The number of thioether (sulfide) groups is 1. The first-order valence-electron chi connectivity index (χ1n) is 3.64. The summed E-state index contributed by atoms with van der Waals surface area (Å²) in [6.45, 7) is 1.88. The minimum atomic E-state index is 0.448. The van der Waals surface area contributed by atoms with Gasteiger partial charge < -0.3 is 0 Å². The summed E-state index contributed by atoms with van der Waals surface area (Å²) in [5.74, 6) is 0.823. The Bertz CT molecular complexity index is 453. The van der Waals surface area contributed by atoms with E-state index in [0.29, 0.717) is 5.15 Å². The fourth-order valence-electron chi connectivity index (χ4n) is 1.13. The Labute approximate surface area is 84.3 Å². The van der Waals surface area contributed by atoms with Gasteiger partial charge in [0, 0.05) is 6.07 Å². The molecule has 0 aromatic carbocycles. The van der Waals surface area contributed by atoms with E-state index in [4.69, 9.17) is 11.6 Å². The zero-order valence-electron chi connectivity index (χ0n) is 7.15. The molecule has 0 amide bonds. The second kappa shape index (κ2) is 3.16. The van der Waals surface area contributed by atoms with E-state index in [1.807, 2.05) is 17.6 Å². The van der Waals surface area contributed by atoms with Gasteiger partial charge in [-0.2, -0.15) is 0 Å². The maximum atomic E-state index is 5.81. The molecule has 68 valence electrons. The van der Waals surface area contributed by atoms with Crippen LogP contribution < -0.4 is 0 Å². The van der Waals surface area contributed by atoms with Crippen molar-refractivity contribution in [2.45, 2.75) is 12.1 Å². The van der Waals surface area contributed by atoms with E-state index < -0.39 is 0 Å². The lowest BCUT2D eigenvalue weighted by molar-refractivity contribution is 0.862. The van der Waals surface area contributed by atoms with Crippen molar-refractivity contribution in [3.8, 4) is 0 Å². The van der Waals surface area contributed by atoms with Crippen LogP contribution in [0.5, 0.6) is 0 Å². The molecular formula is C7H7ClN4S. The zero-order valence-corrected chi connectivity index (χ0v) is 8.72. The molecule has 0 radical (unpaired) electrons. The Balaban J connectivity index is 2.85. The summed E-state index contributed by atoms with van der Waals surface area (Å²) in [7, 11) is 0. The van der Waals surface area contributed by atoms with Crippen molar-refractivity contribution in [2.75, 3.05) is 6.26 Å². The summed E-state index contributed by atoms with van der Waals surface area (Å²) in [6, 6.07) is 1.70.